The van der Waals surface area contributed by atoms with Gasteiger partial charge < -0.3 is 4.57 Å². The van der Waals surface area contributed by atoms with Crippen molar-refractivity contribution in [1.29, 1.82) is 0 Å². The second kappa shape index (κ2) is 3.69. The number of carbonyl (C=O) groups excluding carboxylic acids is 1. The maximum absolute atomic E-state index is 10.8. The number of aryl methyl sites for hydroxylation is 1. The van der Waals surface area contributed by atoms with Crippen molar-refractivity contribution in [3.05, 3.63) is 41.7 Å². The molecular weight excluding hydrogens is 188 g/mol. The van der Waals surface area contributed by atoms with Crippen molar-refractivity contribution in [2.24, 2.45) is 7.05 Å². The van der Waals surface area contributed by atoms with Crippen LogP contribution in [0.1, 0.15) is 16.2 Å². The molecule has 0 aliphatic heterocycles. The van der Waals surface area contributed by atoms with Gasteiger partial charge in [-0.3, -0.25) is 4.79 Å². The predicted octanol–water partition coefficient (Wildman–Crippen LogP) is 2.21. The molecule has 0 fully saturated rings. The lowest BCUT2D eigenvalue weighted by atomic mass is 10.2. The van der Waals surface area contributed by atoms with Crippen molar-refractivity contribution in [2.45, 2.75) is 6.92 Å². The van der Waals surface area contributed by atoms with Gasteiger partial charge in [0, 0.05) is 12.6 Å². The van der Waals surface area contributed by atoms with Crippen LogP contribution in [-0.2, 0) is 7.05 Å². The van der Waals surface area contributed by atoms with Crippen LogP contribution in [0.4, 0.5) is 0 Å². The van der Waals surface area contributed by atoms with Gasteiger partial charge in [0.1, 0.15) is 11.5 Å². The predicted molar refractivity (Wildman–Crippen MR) is 58.8 cm³/mol. The Morgan fingerprint density at radius 2 is 1.93 bits per heavy atom. The molecule has 0 radical (unpaired) electrons. The number of rotatable bonds is 2. The lowest BCUT2D eigenvalue weighted by Gasteiger charge is -2.01. The monoisotopic (exact) mass is 200 g/mol. The SMILES string of the molecule is Cc1nc(-c2ccccc2)n(C)c1C=O. The Morgan fingerprint density at radius 1 is 1.27 bits per heavy atom. The van der Waals surface area contributed by atoms with Crippen molar-refractivity contribution in [3.63, 3.8) is 0 Å². The third-order valence-electron chi connectivity index (χ3n) is 2.47. The molecule has 3 nitrogen and oxygen atoms in total. The van der Waals surface area contributed by atoms with E-state index in [1.54, 1.807) is 0 Å². The molecule has 15 heavy (non-hydrogen) atoms. The molecule has 76 valence electrons. The van der Waals surface area contributed by atoms with Gasteiger partial charge in [-0.1, -0.05) is 30.3 Å². The number of aldehydes is 1. The lowest BCUT2D eigenvalue weighted by molar-refractivity contribution is 0.111. The van der Waals surface area contributed by atoms with Gasteiger partial charge in [-0.2, -0.15) is 0 Å². The van der Waals surface area contributed by atoms with Crippen LogP contribution in [0, 0.1) is 6.92 Å². The van der Waals surface area contributed by atoms with Gasteiger partial charge in [0.15, 0.2) is 6.29 Å². The summed E-state index contributed by atoms with van der Waals surface area (Å²) in [6, 6.07) is 9.84. The minimum absolute atomic E-state index is 0.633. The molecule has 0 atom stereocenters. The molecule has 0 saturated heterocycles. The van der Waals surface area contributed by atoms with E-state index in [0.717, 1.165) is 23.4 Å². The molecule has 0 amide bonds. The van der Waals surface area contributed by atoms with Crippen LogP contribution in [-0.4, -0.2) is 15.8 Å². The Bertz CT molecular complexity index is 486. The summed E-state index contributed by atoms with van der Waals surface area (Å²) in [7, 11) is 1.85. The summed E-state index contributed by atoms with van der Waals surface area (Å²) in [5, 5.41) is 0. The van der Waals surface area contributed by atoms with Crippen LogP contribution in [0.25, 0.3) is 11.4 Å². The fraction of sp³-hybridized carbons (Fsp3) is 0.167. The molecule has 0 saturated carbocycles. The fourth-order valence-electron chi connectivity index (χ4n) is 1.66. The van der Waals surface area contributed by atoms with E-state index < -0.39 is 0 Å². The first-order valence-electron chi connectivity index (χ1n) is 4.78. The van der Waals surface area contributed by atoms with E-state index in [0.29, 0.717) is 5.69 Å². The zero-order valence-corrected chi connectivity index (χ0v) is 8.77. The van der Waals surface area contributed by atoms with Gasteiger partial charge in [-0.05, 0) is 6.92 Å². The van der Waals surface area contributed by atoms with Crippen molar-refractivity contribution in [2.75, 3.05) is 0 Å². The average molecular weight is 200 g/mol. The number of nitrogens with zero attached hydrogens (tertiary/aromatic N) is 2. The van der Waals surface area contributed by atoms with Gasteiger partial charge in [0.05, 0.1) is 5.69 Å². The second-order valence-electron chi connectivity index (χ2n) is 3.45. The first kappa shape index (κ1) is 9.65. The van der Waals surface area contributed by atoms with E-state index in [-0.39, 0.29) is 0 Å². The minimum Gasteiger partial charge on any atom is -0.325 e. The second-order valence-corrected chi connectivity index (χ2v) is 3.45. The van der Waals surface area contributed by atoms with Crippen LogP contribution in [0.15, 0.2) is 30.3 Å². The zero-order valence-electron chi connectivity index (χ0n) is 8.77. The fourth-order valence-corrected chi connectivity index (χ4v) is 1.66. The summed E-state index contributed by atoms with van der Waals surface area (Å²) >= 11 is 0. The van der Waals surface area contributed by atoms with Gasteiger partial charge in [-0.25, -0.2) is 4.98 Å². The number of hydrogen-bond acceptors (Lipinski definition) is 2. The number of benzene rings is 1. The molecule has 1 aromatic carbocycles. The van der Waals surface area contributed by atoms with Crippen molar-refractivity contribution < 1.29 is 4.79 Å². The first-order chi connectivity index (χ1) is 7.24. The molecule has 0 spiro atoms. The van der Waals surface area contributed by atoms with E-state index >= 15 is 0 Å². The van der Waals surface area contributed by atoms with E-state index in [1.807, 2.05) is 48.9 Å². The standard InChI is InChI=1S/C12H12N2O/c1-9-11(8-15)14(2)12(13-9)10-6-4-3-5-7-10/h3-8H,1-2H3. The Labute approximate surface area is 88.4 Å². The lowest BCUT2D eigenvalue weighted by Crippen LogP contribution is -1.97. The summed E-state index contributed by atoms with van der Waals surface area (Å²) in [6.45, 7) is 1.84. The summed E-state index contributed by atoms with van der Waals surface area (Å²) in [5.41, 5.74) is 2.43. The number of aromatic nitrogens is 2. The molecule has 3 heteroatoms. The summed E-state index contributed by atoms with van der Waals surface area (Å²) < 4.78 is 1.82. The smallest absolute Gasteiger partial charge is 0.168 e. The van der Waals surface area contributed by atoms with E-state index in [2.05, 4.69) is 4.98 Å². The van der Waals surface area contributed by atoms with Crippen molar-refractivity contribution in [3.8, 4) is 11.4 Å². The zero-order chi connectivity index (χ0) is 10.8. The topological polar surface area (TPSA) is 34.9 Å². The molecule has 0 unspecified atom stereocenters. The Balaban J connectivity index is 2.60. The highest BCUT2D eigenvalue weighted by Gasteiger charge is 2.11. The summed E-state index contributed by atoms with van der Waals surface area (Å²) in [4.78, 5) is 15.2. The molecule has 2 rings (SSSR count). The van der Waals surface area contributed by atoms with Crippen molar-refractivity contribution in [1.82, 2.24) is 9.55 Å². The highest BCUT2D eigenvalue weighted by atomic mass is 16.1. The molecule has 2 aromatic rings. The highest BCUT2D eigenvalue weighted by Crippen LogP contribution is 2.19. The van der Waals surface area contributed by atoms with E-state index in [4.69, 9.17) is 0 Å². The van der Waals surface area contributed by atoms with Gasteiger partial charge >= 0.3 is 0 Å². The third-order valence-corrected chi connectivity index (χ3v) is 2.47. The summed E-state index contributed by atoms with van der Waals surface area (Å²) in [5.74, 6) is 0.829. The van der Waals surface area contributed by atoms with Crippen molar-refractivity contribution >= 4 is 6.29 Å². The molecule has 0 bridgehead atoms. The third kappa shape index (κ3) is 1.56. The van der Waals surface area contributed by atoms with E-state index in [1.165, 1.54) is 0 Å². The molecular formula is C12H12N2O. The first-order valence-corrected chi connectivity index (χ1v) is 4.78. The Hall–Kier alpha value is -1.90. The van der Waals surface area contributed by atoms with Gasteiger partial charge in [0.25, 0.3) is 0 Å². The van der Waals surface area contributed by atoms with Crippen LogP contribution in [0.5, 0.6) is 0 Å². The molecule has 0 N–H and O–H groups in total. The quantitative estimate of drug-likeness (QED) is 0.696. The minimum atomic E-state index is 0.633. The molecule has 0 aliphatic carbocycles. The molecule has 0 aliphatic rings. The molecule has 1 heterocycles. The maximum Gasteiger partial charge on any atom is 0.168 e. The molecule has 1 aromatic heterocycles. The van der Waals surface area contributed by atoms with Crippen LogP contribution >= 0.6 is 0 Å². The van der Waals surface area contributed by atoms with E-state index in [9.17, 15) is 4.79 Å². The average Bonchev–Trinajstić information content (AvgIpc) is 2.55. The van der Waals surface area contributed by atoms with Crippen LogP contribution in [0.2, 0.25) is 0 Å². The maximum atomic E-state index is 10.8. The van der Waals surface area contributed by atoms with Gasteiger partial charge in [-0.15, -0.1) is 0 Å². The largest absolute Gasteiger partial charge is 0.325 e. The highest BCUT2D eigenvalue weighted by molar-refractivity contribution is 5.76. The van der Waals surface area contributed by atoms with Crippen LogP contribution in [0.3, 0.4) is 0 Å². The van der Waals surface area contributed by atoms with Crippen LogP contribution < -0.4 is 0 Å². The number of carbonyl (C=O) groups is 1. The number of hydrogen-bond donors (Lipinski definition) is 0. The van der Waals surface area contributed by atoms with Gasteiger partial charge in [0.2, 0.25) is 0 Å². The normalized spacial score (nSPS) is 10.3. The Kier molecular flexibility index (Phi) is 2.37. The Morgan fingerprint density at radius 3 is 2.47 bits per heavy atom. The summed E-state index contributed by atoms with van der Waals surface area (Å²) in [6.07, 6.45) is 0.842. The number of imidazole rings is 1.